The molecule has 186 valence electrons. The van der Waals surface area contributed by atoms with E-state index in [-0.39, 0.29) is 5.91 Å². The van der Waals surface area contributed by atoms with Gasteiger partial charge in [-0.25, -0.2) is 0 Å². The van der Waals surface area contributed by atoms with Gasteiger partial charge in [-0.15, -0.1) is 0 Å². The minimum Gasteiger partial charge on any atom is -0.494 e. The number of benzene rings is 3. The zero-order valence-electron chi connectivity index (χ0n) is 19.6. The summed E-state index contributed by atoms with van der Waals surface area (Å²) in [5.41, 5.74) is 2.47. The van der Waals surface area contributed by atoms with E-state index in [2.05, 4.69) is 15.9 Å². The van der Waals surface area contributed by atoms with E-state index in [4.69, 9.17) is 38.0 Å². The van der Waals surface area contributed by atoms with Gasteiger partial charge in [-0.3, -0.25) is 9.69 Å². The van der Waals surface area contributed by atoms with Gasteiger partial charge >= 0.3 is 0 Å². The smallest absolute Gasteiger partial charge is 0.270 e. The number of thiocarbonyl (C=S) groups is 1. The SMILES string of the molecule is CCOc1ccc(N2C(=O)/C(=C/c3cc(Br)c(OCc4ccc(Cl)cc4)c(OCC)c3)SC2=S)cc1. The summed E-state index contributed by atoms with van der Waals surface area (Å²) in [7, 11) is 0. The quantitative estimate of drug-likeness (QED) is 0.183. The lowest BCUT2D eigenvalue weighted by Crippen LogP contribution is -2.27. The summed E-state index contributed by atoms with van der Waals surface area (Å²) in [6.45, 7) is 5.23. The molecule has 1 saturated heterocycles. The highest BCUT2D eigenvalue weighted by Gasteiger charge is 2.33. The molecule has 0 radical (unpaired) electrons. The number of carbonyl (C=O) groups excluding carboxylic acids is 1. The third-order valence-corrected chi connectivity index (χ3v) is 7.27. The first kappa shape index (κ1) is 26.5. The van der Waals surface area contributed by atoms with Crippen LogP contribution in [-0.2, 0) is 11.4 Å². The van der Waals surface area contributed by atoms with Crippen LogP contribution < -0.4 is 19.1 Å². The topological polar surface area (TPSA) is 48.0 Å². The highest BCUT2D eigenvalue weighted by molar-refractivity contribution is 9.10. The standard InChI is InChI=1S/C27H23BrClNO4S2/c1-3-32-21-11-9-20(10-12-21)30-26(31)24(36-27(30)35)15-18-13-22(28)25(23(14-18)33-4-2)34-16-17-5-7-19(29)8-6-17/h5-15H,3-4,16H2,1-2H3/b24-15-. The molecule has 0 atom stereocenters. The molecule has 3 aromatic rings. The van der Waals surface area contributed by atoms with Gasteiger partial charge in [0.05, 0.1) is 28.3 Å². The Bertz CT molecular complexity index is 1300. The number of carbonyl (C=O) groups is 1. The maximum absolute atomic E-state index is 13.2. The number of anilines is 1. The normalized spacial score (nSPS) is 14.4. The zero-order chi connectivity index (χ0) is 25.7. The molecule has 0 aliphatic carbocycles. The molecule has 0 saturated carbocycles. The predicted molar refractivity (Wildman–Crippen MR) is 154 cm³/mol. The molecule has 3 aromatic carbocycles. The molecule has 1 aliphatic heterocycles. The van der Waals surface area contributed by atoms with Gasteiger partial charge in [0.2, 0.25) is 0 Å². The van der Waals surface area contributed by atoms with Crippen LogP contribution in [0.25, 0.3) is 6.08 Å². The number of hydrogen-bond donors (Lipinski definition) is 0. The van der Waals surface area contributed by atoms with Crippen molar-refractivity contribution in [2.45, 2.75) is 20.5 Å². The van der Waals surface area contributed by atoms with Crippen molar-refractivity contribution in [2.24, 2.45) is 0 Å². The zero-order valence-corrected chi connectivity index (χ0v) is 23.6. The van der Waals surface area contributed by atoms with Crippen molar-refractivity contribution in [3.05, 3.63) is 86.2 Å². The van der Waals surface area contributed by atoms with E-state index >= 15 is 0 Å². The minimum absolute atomic E-state index is 0.175. The van der Waals surface area contributed by atoms with Crippen molar-refractivity contribution in [1.29, 1.82) is 0 Å². The van der Waals surface area contributed by atoms with Gasteiger partial charge in [-0.2, -0.15) is 0 Å². The molecule has 0 bridgehead atoms. The molecule has 9 heteroatoms. The lowest BCUT2D eigenvalue weighted by molar-refractivity contribution is -0.113. The fourth-order valence-corrected chi connectivity index (χ4v) is 5.51. The lowest BCUT2D eigenvalue weighted by Gasteiger charge is -2.15. The highest BCUT2D eigenvalue weighted by Crippen LogP contribution is 2.41. The van der Waals surface area contributed by atoms with Gasteiger partial charge in [0.1, 0.15) is 12.4 Å². The van der Waals surface area contributed by atoms with Gasteiger partial charge in [-0.1, -0.05) is 47.7 Å². The molecule has 1 heterocycles. The second-order valence-corrected chi connectivity index (χ2v) is 10.6. The summed E-state index contributed by atoms with van der Waals surface area (Å²) >= 11 is 16.4. The maximum Gasteiger partial charge on any atom is 0.270 e. The molecule has 4 rings (SSSR count). The molecule has 36 heavy (non-hydrogen) atoms. The summed E-state index contributed by atoms with van der Waals surface area (Å²) in [5.74, 6) is 1.74. The number of rotatable bonds is 9. The first-order chi connectivity index (χ1) is 17.4. The Kier molecular flexibility index (Phi) is 8.95. The number of ether oxygens (including phenoxy) is 3. The van der Waals surface area contributed by atoms with Crippen molar-refractivity contribution in [1.82, 2.24) is 0 Å². The van der Waals surface area contributed by atoms with Gasteiger partial charge in [-0.05, 0) is 95.5 Å². The number of halogens is 2. The number of hydrogen-bond acceptors (Lipinski definition) is 6. The number of thioether (sulfide) groups is 1. The average Bonchev–Trinajstić information content (AvgIpc) is 3.13. The maximum atomic E-state index is 13.2. The molecular weight excluding hydrogens is 582 g/mol. The van der Waals surface area contributed by atoms with Crippen LogP contribution in [-0.4, -0.2) is 23.4 Å². The van der Waals surface area contributed by atoms with Crippen molar-refractivity contribution < 1.29 is 19.0 Å². The first-order valence-electron chi connectivity index (χ1n) is 11.2. The van der Waals surface area contributed by atoms with Gasteiger partial charge in [0.25, 0.3) is 5.91 Å². The second-order valence-electron chi connectivity index (χ2n) is 7.62. The molecule has 1 aliphatic rings. The van der Waals surface area contributed by atoms with Crippen LogP contribution in [0.5, 0.6) is 17.2 Å². The van der Waals surface area contributed by atoms with Crippen LogP contribution in [0.3, 0.4) is 0 Å². The molecule has 0 spiro atoms. The Morgan fingerprint density at radius 1 is 1.00 bits per heavy atom. The largest absolute Gasteiger partial charge is 0.494 e. The third-order valence-electron chi connectivity index (χ3n) is 5.13. The lowest BCUT2D eigenvalue weighted by atomic mass is 10.1. The Morgan fingerprint density at radius 3 is 2.36 bits per heavy atom. The predicted octanol–water partition coefficient (Wildman–Crippen LogP) is 7.88. The third kappa shape index (κ3) is 6.24. The summed E-state index contributed by atoms with van der Waals surface area (Å²) in [6.07, 6.45) is 1.81. The van der Waals surface area contributed by atoms with E-state index in [1.807, 2.05) is 80.6 Å². The molecule has 0 N–H and O–H groups in total. The Morgan fingerprint density at radius 2 is 1.69 bits per heavy atom. The minimum atomic E-state index is -0.175. The summed E-state index contributed by atoms with van der Waals surface area (Å²) in [5, 5.41) is 0.673. The Labute approximate surface area is 233 Å². The summed E-state index contributed by atoms with van der Waals surface area (Å²) < 4.78 is 18.6. The van der Waals surface area contributed by atoms with Crippen LogP contribution in [0, 0.1) is 0 Å². The molecule has 1 fully saturated rings. The van der Waals surface area contributed by atoms with E-state index in [0.29, 0.717) is 51.3 Å². The van der Waals surface area contributed by atoms with Crippen molar-refractivity contribution in [3.63, 3.8) is 0 Å². The monoisotopic (exact) mass is 603 g/mol. The van der Waals surface area contributed by atoms with E-state index in [9.17, 15) is 4.79 Å². The van der Waals surface area contributed by atoms with Gasteiger partial charge in [0.15, 0.2) is 15.8 Å². The Balaban J connectivity index is 1.56. The van der Waals surface area contributed by atoms with Crippen LogP contribution in [0.2, 0.25) is 5.02 Å². The molecule has 0 unspecified atom stereocenters. The number of amides is 1. The van der Waals surface area contributed by atoms with Crippen LogP contribution in [0.4, 0.5) is 5.69 Å². The summed E-state index contributed by atoms with van der Waals surface area (Å²) in [6, 6.07) is 18.5. The summed E-state index contributed by atoms with van der Waals surface area (Å²) in [4.78, 5) is 15.3. The van der Waals surface area contributed by atoms with Crippen LogP contribution >= 0.6 is 51.5 Å². The fourth-order valence-electron chi connectivity index (χ4n) is 3.51. The van der Waals surface area contributed by atoms with Crippen molar-refractivity contribution in [2.75, 3.05) is 18.1 Å². The highest BCUT2D eigenvalue weighted by atomic mass is 79.9. The van der Waals surface area contributed by atoms with Gasteiger partial charge in [0, 0.05) is 5.02 Å². The molecular formula is C27H23BrClNO4S2. The first-order valence-corrected chi connectivity index (χ1v) is 13.6. The van der Waals surface area contributed by atoms with E-state index < -0.39 is 0 Å². The van der Waals surface area contributed by atoms with E-state index in [1.54, 1.807) is 0 Å². The van der Waals surface area contributed by atoms with Crippen LogP contribution in [0.15, 0.2) is 70.0 Å². The second kappa shape index (κ2) is 12.1. The van der Waals surface area contributed by atoms with Crippen molar-refractivity contribution >= 4 is 73.5 Å². The average molecular weight is 605 g/mol. The molecule has 0 aromatic heterocycles. The van der Waals surface area contributed by atoms with Crippen LogP contribution in [0.1, 0.15) is 25.0 Å². The number of nitrogens with zero attached hydrogens (tertiary/aromatic N) is 1. The van der Waals surface area contributed by atoms with E-state index in [0.717, 1.165) is 21.3 Å². The Hall–Kier alpha value is -2.52. The van der Waals surface area contributed by atoms with Gasteiger partial charge < -0.3 is 14.2 Å². The van der Waals surface area contributed by atoms with E-state index in [1.165, 1.54) is 16.7 Å². The molecule has 5 nitrogen and oxygen atoms in total. The molecule has 1 amide bonds. The fraction of sp³-hybridized carbons (Fsp3) is 0.185. The van der Waals surface area contributed by atoms with Crippen molar-refractivity contribution in [3.8, 4) is 17.2 Å².